The van der Waals surface area contributed by atoms with E-state index in [1.54, 1.807) is 7.11 Å². The molecule has 0 bridgehead atoms. The number of methoxy groups -OCH3 is 1. The lowest BCUT2D eigenvalue weighted by atomic mass is 9.91. The van der Waals surface area contributed by atoms with Gasteiger partial charge in [-0.2, -0.15) is 10.5 Å². The van der Waals surface area contributed by atoms with Crippen LogP contribution in [0.1, 0.15) is 22.3 Å². The Bertz CT molecular complexity index is 1980. The highest BCUT2D eigenvalue weighted by atomic mass is 16.5. The van der Waals surface area contributed by atoms with E-state index in [-0.39, 0.29) is 0 Å². The molecule has 0 unspecified atom stereocenters. The van der Waals surface area contributed by atoms with Gasteiger partial charge in [-0.15, -0.1) is 0 Å². The summed E-state index contributed by atoms with van der Waals surface area (Å²) >= 11 is 0. The topological polar surface area (TPSA) is 60.0 Å². The lowest BCUT2D eigenvalue weighted by Gasteiger charge is -2.25. The number of ether oxygens (including phenoxy) is 1. The van der Waals surface area contributed by atoms with Crippen LogP contribution < -0.4 is 9.64 Å². The van der Waals surface area contributed by atoms with Crippen molar-refractivity contribution in [3.63, 3.8) is 0 Å². The molecule has 0 radical (unpaired) electrons. The average Bonchev–Trinajstić information content (AvgIpc) is 3.04. The molecule has 0 saturated heterocycles. The number of nitriles is 2. The summed E-state index contributed by atoms with van der Waals surface area (Å²) in [7, 11) is 1.67. The Morgan fingerprint density at radius 3 is 1.93 bits per heavy atom. The molecule has 0 N–H and O–H groups in total. The summed E-state index contributed by atoms with van der Waals surface area (Å²) in [5.41, 5.74) is 6.29. The number of rotatable bonds is 6. The Morgan fingerprint density at radius 1 is 0.610 bits per heavy atom. The third-order valence-corrected chi connectivity index (χ3v) is 7.24. The predicted octanol–water partition coefficient (Wildman–Crippen LogP) is 9.39. The van der Waals surface area contributed by atoms with Crippen molar-refractivity contribution in [1.82, 2.24) is 0 Å². The van der Waals surface area contributed by atoms with E-state index >= 15 is 0 Å². The van der Waals surface area contributed by atoms with Gasteiger partial charge in [0.15, 0.2) is 0 Å². The summed E-state index contributed by atoms with van der Waals surface area (Å²) in [5.74, 6) is 0.810. The van der Waals surface area contributed by atoms with Crippen molar-refractivity contribution < 1.29 is 4.74 Å². The van der Waals surface area contributed by atoms with Crippen LogP contribution in [0, 0.1) is 22.7 Å². The molecule has 4 heteroatoms. The van der Waals surface area contributed by atoms with Crippen LogP contribution in [0.4, 0.5) is 17.1 Å². The van der Waals surface area contributed by atoms with Gasteiger partial charge in [0.2, 0.25) is 0 Å². The van der Waals surface area contributed by atoms with Crippen molar-refractivity contribution in [2.24, 2.45) is 0 Å². The minimum Gasteiger partial charge on any atom is -0.497 e. The first-order valence-electron chi connectivity index (χ1n) is 13.3. The van der Waals surface area contributed by atoms with Gasteiger partial charge >= 0.3 is 0 Å². The summed E-state index contributed by atoms with van der Waals surface area (Å²) < 4.78 is 5.36. The smallest absolute Gasteiger partial charge is 0.119 e. The molecule has 0 fully saturated rings. The van der Waals surface area contributed by atoms with Crippen LogP contribution in [0.2, 0.25) is 0 Å². The lowest BCUT2D eigenvalue weighted by Crippen LogP contribution is -2.09. The van der Waals surface area contributed by atoms with Crippen LogP contribution in [-0.4, -0.2) is 7.11 Å². The van der Waals surface area contributed by atoms with Crippen LogP contribution in [0.5, 0.6) is 5.75 Å². The molecule has 0 heterocycles. The third-order valence-electron chi connectivity index (χ3n) is 7.24. The van der Waals surface area contributed by atoms with Gasteiger partial charge in [-0.3, -0.25) is 0 Å². The third kappa shape index (κ3) is 4.87. The SMILES string of the molecule is COc1ccc(N(c2ccccc2)c2ccc(/C=C\c3c4cccc(C#N)c4cc4cccc(C#N)c34)cc2)cc1. The average molecular weight is 528 g/mol. The lowest BCUT2D eigenvalue weighted by molar-refractivity contribution is 0.415. The van der Waals surface area contributed by atoms with E-state index < -0.39 is 0 Å². The molecular weight excluding hydrogens is 502 g/mol. The monoisotopic (exact) mass is 527 g/mol. The molecule has 0 aliphatic heterocycles. The molecule has 6 rings (SSSR count). The quantitative estimate of drug-likeness (QED) is 0.160. The Hall–Kier alpha value is -5.84. The Kier molecular flexibility index (Phi) is 6.89. The van der Waals surface area contributed by atoms with Crippen molar-refractivity contribution in [3.8, 4) is 17.9 Å². The van der Waals surface area contributed by atoms with E-state index in [0.717, 1.165) is 55.5 Å². The van der Waals surface area contributed by atoms with Gasteiger partial charge in [0.25, 0.3) is 0 Å². The van der Waals surface area contributed by atoms with Gasteiger partial charge in [-0.05, 0) is 88.6 Å². The van der Waals surface area contributed by atoms with E-state index in [2.05, 4.69) is 65.6 Å². The molecule has 41 heavy (non-hydrogen) atoms. The molecule has 0 aliphatic rings. The first kappa shape index (κ1) is 25.4. The standard InChI is InChI=1S/C37H25N3O/c1-41-33-20-18-32(19-21-33)40(30-10-3-2-4-11-30)31-16-13-26(14-17-31)15-22-35-34-12-6-8-28(24-38)36(34)23-27-7-5-9-29(25-39)37(27)35/h2-23H,1H3/b22-15-. The zero-order chi connectivity index (χ0) is 28.2. The Balaban J connectivity index is 1.43. The summed E-state index contributed by atoms with van der Waals surface area (Å²) in [4.78, 5) is 2.20. The largest absolute Gasteiger partial charge is 0.497 e. The molecule has 194 valence electrons. The van der Waals surface area contributed by atoms with Gasteiger partial charge in [-0.1, -0.05) is 66.7 Å². The fraction of sp³-hybridized carbons (Fsp3) is 0.0270. The van der Waals surface area contributed by atoms with Gasteiger partial charge in [0.1, 0.15) is 5.75 Å². The molecular formula is C37H25N3O. The summed E-state index contributed by atoms with van der Waals surface area (Å²) in [6.07, 6.45) is 4.12. The number of hydrogen-bond acceptors (Lipinski definition) is 4. The maximum atomic E-state index is 9.88. The molecule has 0 saturated carbocycles. The van der Waals surface area contributed by atoms with E-state index in [1.165, 1.54) is 0 Å². The van der Waals surface area contributed by atoms with Gasteiger partial charge < -0.3 is 9.64 Å². The van der Waals surface area contributed by atoms with Crippen LogP contribution in [0.25, 0.3) is 33.7 Å². The Morgan fingerprint density at radius 2 is 1.24 bits per heavy atom. The number of fused-ring (bicyclic) bond motifs is 2. The molecule has 0 amide bonds. The molecule has 0 aromatic heterocycles. The molecule has 0 atom stereocenters. The maximum Gasteiger partial charge on any atom is 0.119 e. The normalized spacial score (nSPS) is 10.9. The first-order valence-corrected chi connectivity index (χ1v) is 13.3. The highest BCUT2D eigenvalue weighted by molar-refractivity contribution is 6.11. The predicted molar refractivity (Wildman–Crippen MR) is 167 cm³/mol. The number of nitrogens with zero attached hydrogens (tertiary/aromatic N) is 3. The second-order valence-corrected chi connectivity index (χ2v) is 9.61. The summed E-state index contributed by atoms with van der Waals surface area (Å²) in [5, 5.41) is 23.3. The second-order valence-electron chi connectivity index (χ2n) is 9.61. The second kappa shape index (κ2) is 11.1. The zero-order valence-electron chi connectivity index (χ0n) is 22.5. The summed E-state index contributed by atoms with van der Waals surface area (Å²) in [6.45, 7) is 0. The Labute approximate surface area is 239 Å². The number of benzene rings is 6. The fourth-order valence-corrected chi connectivity index (χ4v) is 5.27. The van der Waals surface area contributed by atoms with Crippen LogP contribution in [-0.2, 0) is 0 Å². The molecule has 0 spiro atoms. The van der Waals surface area contributed by atoms with E-state index in [1.807, 2.05) is 84.9 Å². The highest BCUT2D eigenvalue weighted by Crippen LogP contribution is 2.36. The minimum atomic E-state index is 0.611. The molecule has 6 aromatic carbocycles. The summed E-state index contributed by atoms with van der Waals surface area (Å²) in [6, 6.07) is 44.8. The molecule has 6 aromatic rings. The van der Waals surface area contributed by atoms with Gasteiger partial charge in [0, 0.05) is 27.8 Å². The van der Waals surface area contributed by atoms with Crippen molar-refractivity contribution in [3.05, 3.63) is 144 Å². The first-order chi connectivity index (χ1) is 20.2. The molecule has 4 nitrogen and oxygen atoms in total. The number of hydrogen-bond donors (Lipinski definition) is 0. The molecule has 0 aliphatic carbocycles. The fourth-order valence-electron chi connectivity index (χ4n) is 5.27. The van der Waals surface area contributed by atoms with Crippen LogP contribution >= 0.6 is 0 Å². The zero-order valence-corrected chi connectivity index (χ0v) is 22.5. The number of para-hydroxylation sites is 1. The van der Waals surface area contributed by atoms with Crippen molar-refractivity contribution >= 4 is 50.8 Å². The van der Waals surface area contributed by atoms with Gasteiger partial charge in [0.05, 0.1) is 30.4 Å². The van der Waals surface area contributed by atoms with Crippen LogP contribution in [0.15, 0.2) is 121 Å². The van der Waals surface area contributed by atoms with E-state index in [9.17, 15) is 10.5 Å². The minimum absolute atomic E-state index is 0.611. The van der Waals surface area contributed by atoms with Crippen LogP contribution in [0.3, 0.4) is 0 Å². The number of anilines is 3. The van der Waals surface area contributed by atoms with E-state index in [0.29, 0.717) is 11.1 Å². The van der Waals surface area contributed by atoms with Crippen molar-refractivity contribution in [1.29, 1.82) is 10.5 Å². The highest BCUT2D eigenvalue weighted by Gasteiger charge is 2.14. The van der Waals surface area contributed by atoms with Gasteiger partial charge in [-0.25, -0.2) is 0 Å². The van der Waals surface area contributed by atoms with Crippen molar-refractivity contribution in [2.45, 2.75) is 0 Å². The maximum absolute atomic E-state index is 9.88. The van der Waals surface area contributed by atoms with Crippen molar-refractivity contribution in [2.75, 3.05) is 12.0 Å². The van der Waals surface area contributed by atoms with E-state index in [4.69, 9.17) is 4.74 Å².